The van der Waals surface area contributed by atoms with E-state index in [9.17, 15) is 4.79 Å². The van der Waals surface area contributed by atoms with Crippen molar-refractivity contribution in [3.8, 4) is 0 Å². The molecule has 1 aromatic heterocycles. The molecule has 0 radical (unpaired) electrons. The van der Waals surface area contributed by atoms with Gasteiger partial charge in [-0.2, -0.15) is 0 Å². The first kappa shape index (κ1) is 13.6. The summed E-state index contributed by atoms with van der Waals surface area (Å²) in [6.45, 7) is 0. The lowest BCUT2D eigenvalue weighted by atomic mass is 9.80. The number of aromatic nitrogens is 1. The fourth-order valence-electron chi connectivity index (χ4n) is 3.87. The number of benzene rings is 1. The number of carbonyl (C=O) groups is 1. The van der Waals surface area contributed by atoms with Gasteiger partial charge in [-0.1, -0.05) is 41.9 Å². The van der Waals surface area contributed by atoms with Gasteiger partial charge in [0.1, 0.15) is 5.15 Å². The normalized spacial score (nSPS) is 25.2. The maximum absolute atomic E-state index is 12.2. The van der Waals surface area contributed by atoms with Crippen LogP contribution in [0.4, 0.5) is 4.79 Å². The molecule has 5 heteroatoms. The first-order chi connectivity index (χ1) is 10.7. The van der Waals surface area contributed by atoms with E-state index in [1.54, 1.807) is 6.07 Å². The van der Waals surface area contributed by atoms with Gasteiger partial charge in [-0.15, -0.1) is 0 Å². The van der Waals surface area contributed by atoms with E-state index < -0.39 is 0 Å². The molecular weight excluding hydrogens is 300 g/mol. The molecule has 3 atom stereocenters. The van der Waals surface area contributed by atoms with E-state index >= 15 is 0 Å². The van der Waals surface area contributed by atoms with Gasteiger partial charge in [-0.25, -0.2) is 9.78 Å². The van der Waals surface area contributed by atoms with Crippen molar-refractivity contribution in [2.75, 3.05) is 7.11 Å². The van der Waals surface area contributed by atoms with E-state index in [4.69, 9.17) is 16.3 Å². The Morgan fingerprint density at radius 3 is 2.73 bits per heavy atom. The van der Waals surface area contributed by atoms with Crippen LogP contribution in [0.25, 0.3) is 0 Å². The molecule has 2 aromatic rings. The molecule has 4 rings (SSSR count). The molecule has 3 unspecified atom stereocenters. The molecule has 2 aliphatic heterocycles. The van der Waals surface area contributed by atoms with E-state index in [1.807, 2.05) is 29.3 Å². The van der Waals surface area contributed by atoms with Crippen LogP contribution in [-0.2, 0) is 4.74 Å². The molecule has 2 aliphatic rings. The largest absolute Gasteiger partial charge is 0.453 e. The van der Waals surface area contributed by atoms with Crippen LogP contribution in [-0.4, -0.2) is 23.1 Å². The summed E-state index contributed by atoms with van der Waals surface area (Å²) in [6.07, 6.45) is 2.43. The van der Waals surface area contributed by atoms with Crippen molar-refractivity contribution in [3.05, 3.63) is 64.4 Å². The molecule has 4 nitrogen and oxygen atoms in total. The summed E-state index contributed by atoms with van der Waals surface area (Å²) in [4.78, 5) is 18.3. The van der Waals surface area contributed by atoms with Crippen molar-refractivity contribution in [1.82, 2.24) is 9.88 Å². The first-order valence-corrected chi connectivity index (χ1v) is 7.65. The lowest BCUT2D eigenvalue weighted by molar-refractivity contribution is 0.109. The minimum atomic E-state index is -0.268. The molecular formula is C17H15ClN2O2. The van der Waals surface area contributed by atoms with Gasteiger partial charge in [-0.05, 0) is 29.2 Å². The van der Waals surface area contributed by atoms with Crippen molar-refractivity contribution < 1.29 is 9.53 Å². The quantitative estimate of drug-likeness (QED) is 0.745. The molecule has 0 saturated carbocycles. The second-order valence-corrected chi connectivity index (χ2v) is 6.11. The minimum Gasteiger partial charge on any atom is -0.453 e. The average molecular weight is 315 g/mol. The predicted octanol–water partition coefficient (Wildman–Crippen LogP) is 4.09. The molecule has 22 heavy (non-hydrogen) atoms. The third-order valence-corrected chi connectivity index (χ3v) is 4.95. The maximum atomic E-state index is 12.2. The second kappa shape index (κ2) is 4.99. The van der Waals surface area contributed by atoms with Crippen LogP contribution < -0.4 is 0 Å². The number of halogens is 1. The molecule has 1 fully saturated rings. The lowest BCUT2D eigenvalue weighted by Crippen LogP contribution is -2.28. The van der Waals surface area contributed by atoms with Crippen LogP contribution in [0, 0.1) is 0 Å². The van der Waals surface area contributed by atoms with Crippen molar-refractivity contribution in [2.45, 2.75) is 24.4 Å². The SMILES string of the molecule is COC(=O)N1C2CC(c3ccc(Cl)nc3)C1c1ccccc12. The maximum Gasteiger partial charge on any atom is 0.410 e. The fourth-order valence-corrected chi connectivity index (χ4v) is 3.98. The number of amides is 1. The topological polar surface area (TPSA) is 42.4 Å². The number of ether oxygens (including phenoxy) is 1. The Bertz CT molecular complexity index is 732. The van der Waals surface area contributed by atoms with Crippen LogP contribution in [0.1, 0.15) is 41.1 Å². The third-order valence-electron chi connectivity index (χ3n) is 4.73. The van der Waals surface area contributed by atoms with E-state index in [2.05, 4.69) is 17.1 Å². The Morgan fingerprint density at radius 1 is 1.27 bits per heavy atom. The van der Waals surface area contributed by atoms with E-state index in [0.29, 0.717) is 5.15 Å². The molecule has 0 N–H and O–H groups in total. The highest BCUT2D eigenvalue weighted by atomic mass is 35.5. The molecule has 0 aliphatic carbocycles. The number of carbonyl (C=O) groups excluding carboxylic acids is 1. The van der Waals surface area contributed by atoms with Crippen molar-refractivity contribution in [1.29, 1.82) is 0 Å². The van der Waals surface area contributed by atoms with Gasteiger partial charge in [0.25, 0.3) is 0 Å². The molecule has 0 spiro atoms. The fraction of sp³-hybridized carbons (Fsp3) is 0.294. The van der Waals surface area contributed by atoms with Crippen molar-refractivity contribution in [2.24, 2.45) is 0 Å². The van der Waals surface area contributed by atoms with Crippen LogP contribution in [0.15, 0.2) is 42.6 Å². The van der Waals surface area contributed by atoms with Crippen molar-refractivity contribution in [3.63, 3.8) is 0 Å². The van der Waals surface area contributed by atoms with Gasteiger partial charge in [0.2, 0.25) is 0 Å². The summed E-state index contributed by atoms with van der Waals surface area (Å²) in [6, 6.07) is 12.1. The second-order valence-electron chi connectivity index (χ2n) is 5.72. The van der Waals surface area contributed by atoms with Gasteiger partial charge >= 0.3 is 6.09 Å². The van der Waals surface area contributed by atoms with Gasteiger partial charge in [-0.3, -0.25) is 4.90 Å². The van der Waals surface area contributed by atoms with Gasteiger partial charge in [0.05, 0.1) is 19.2 Å². The average Bonchev–Trinajstić information content (AvgIpc) is 3.09. The monoisotopic (exact) mass is 314 g/mol. The number of hydrogen-bond donors (Lipinski definition) is 0. The van der Waals surface area contributed by atoms with E-state index in [-0.39, 0.29) is 24.1 Å². The van der Waals surface area contributed by atoms with Crippen LogP contribution in [0.5, 0.6) is 0 Å². The lowest BCUT2D eigenvalue weighted by Gasteiger charge is -2.24. The summed E-state index contributed by atoms with van der Waals surface area (Å²) >= 11 is 5.88. The van der Waals surface area contributed by atoms with Crippen molar-refractivity contribution >= 4 is 17.7 Å². The third kappa shape index (κ3) is 1.83. The molecule has 1 saturated heterocycles. The Hall–Kier alpha value is -2.07. The number of fused-ring (bicyclic) bond motifs is 5. The standard InChI is InChI=1S/C17H15ClN2O2/c1-22-17(21)20-14-8-13(10-6-7-15(18)19-9-10)16(20)12-5-3-2-4-11(12)14/h2-7,9,13-14,16H,8H2,1H3. The van der Waals surface area contributed by atoms with Crippen LogP contribution in [0.2, 0.25) is 5.15 Å². The Balaban J connectivity index is 1.79. The highest BCUT2D eigenvalue weighted by Gasteiger charge is 2.52. The Kier molecular flexibility index (Phi) is 3.08. The number of nitrogens with zero attached hydrogens (tertiary/aromatic N) is 2. The zero-order valence-corrected chi connectivity index (χ0v) is 12.8. The summed E-state index contributed by atoms with van der Waals surface area (Å²) in [5.74, 6) is 0.226. The number of pyridine rings is 1. The number of methoxy groups -OCH3 is 1. The molecule has 3 heterocycles. The van der Waals surface area contributed by atoms with E-state index in [0.717, 1.165) is 12.0 Å². The Labute approximate surface area is 133 Å². The summed E-state index contributed by atoms with van der Waals surface area (Å²) in [5, 5.41) is 0.483. The van der Waals surface area contributed by atoms with Gasteiger partial charge < -0.3 is 4.74 Å². The molecule has 1 amide bonds. The summed E-state index contributed by atoms with van der Waals surface area (Å²) in [5.41, 5.74) is 3.56. The molecule has 1 aromatic carbocycles. The number of rotatable bonds is 1. The molecule has 112 valence electrons. The Morgan fingerprint density at radius 2 is 2.05 bits per heavy atom. The highest BCUT2D eigenvalue weighted by molar-refractivity contribution is 6.29. The minimum absolute atomic E-state index is 0.0108. The summed E-state index contributed by atoms with van der Waals surface area (Å²) < 4.78 is 5.00. The number of hydrogen-bond acceptors (Lipinski definition) is 3. The smallest absolute Gasteiger partial charge is 0.410 e. The zero-order chi connectivity index (χ0) is 15.3. The van der Waals surface area contributed by atoms with Crippen LogP contribution >= 0.6 is 11.6 Å². The summed E-state index contributed by atoms with van der Waals surface area (Å²) in [7, 11) is 1.43. The highest BCUT2D eigenvalue weighted by Crippen LogP contribution is 2.59. The van der Waals surface area contributed by atoms with Crippen LogP contribution in [0.3, 0.4) is 0 Å². The van der Waals surface area contributed by atoms with Gasteiger partial charge in [0, 0.05) is 12.1 Å². The van der Waals surface area contributed by atoms with Gasteiger partial charge in [0.15, 0.2) is 0 Å². The molecule has 2 bridgehead atoms. The first-order valence-electron chi connectivity index (χ1n) is 7.27. The zero-order valence-electron chi connectivity index (χ0n) is 12.1. The predicted molar refractivity (Wildman–Crippen MR) is 82.8 cm³/mol. The van der Waals surface area contributed by atoms with E-state index in [1.165, 1.54) is 18.2 Å².